The maximum atomic E-state index is 10.1. The van der Waals surface area contributed by atoms with Crippen molar-refractivity contribution in [2.24, 2.45) is 5.14 Å². The van der Waals surface area contributed by atoms with Gasteiger partial charge in [-0.2, -0.15) is 0 Å². The molecular formula is C8H17NO2S. The topological polar surface area (TPSA) is 63.3 Å². The summed E-state index contributed by atoms with van der Waals surface area (Å²) in [5.41, 5.74) is 0. The second-order valence-corrected chi connectivity index (χ2v) is 3.52. The van der Waals surface area contributed by atoms with Crippen LogP contribution in [0.2, 0.25) is 0 Å². The maximum Gasteiger partial charge on any atom is 0.303 e. The molecule has 0 aromatic rings. The highest BCUT2D eigenvalue weighted by molar-refractivity contribution is 7.97. The molecule has 0 bridgehead atoms. The van der Waals surface area contributed by atoms with E-state index in [0.29, 0.717) is 6.42 Å². The molecule has 72 valence electrons. The van der Waals surface area contributed by atoms with E-state index in [0.717, 1.165) is 31.4 Å². The maximum absolute atomic E-state index is 10.1. The van der Waals surface area contributed by atoms with E-state index < -0.39 is 5.97 Å². The summed E-state index contributed by atoms with van der Waals surface area (Å²) in [6.45, 7) is 0. The van der Waals surface area contributed by atoms with Gasteiger partial charge in [-0.05, 0) is 12.8 Å². The van der Waals surface area contributed by atoms with Gasteiger partial charge in [0.1, 0.15) is 0 Å². The van der Waals surface area contributed by atoms with Gasteiger partial charge in [-0.3, -0.25) is 9.93 Å². The highest BCUT2D eigenvalue weighted by Crippen LogP contribution is 2.06. The van der Waals surface area contributed by atoms with Crippen molar-refractivity contribution in [3.8, 4) is 0 Å². The fourth-order valence-corrected chi connectivity index (χ4v) is 1.36. The summed E-state index contributed by atoms with van der Waals surface area (Å²) in [6.07, 6.45) is 5.60. The lowest BCUT2D eigenvalue weighted by Gasteiger charge is -1.98. The van der Waals surface area contributed by atoms with Crippen LogP contribution in [0.1, 0.15) is 38.5 Å². The number of carboxylic acids is 1. The smallest absolute Gasteiger partial charge is 0.303 e. The predicted octanol–water partition coefficient (Wildman–Crippen LogP) is 2.02. The molecule has 0 aromatic carbocycles. The van der Waals surface area contributed by atoms with Crippen LogP contribution in [0.5, 0.6) is 0 Å². The van der Waals surface area contributed by atoms with Crippen molar-refractivity contribution in [2.75, 3.05) is 5.75 Å². The standard InChI is InChI=1S/C8H17NO2S/c9-12-7-5-3-1-2-4-6-8(10)11/h1-7,9H2,(H,10,11). The molecule has 0 aliphatic carbocycles. The van der Waals surface area contributed by atoms with E-state index in [2.05, 4.69) is 0 Å². The van der Waals surface area contributed by atoms with Crippen molar-refractivity contribution in [3.05, 3.63) is 0 Å². The van der Waals surface area contributed by atoms with E-state index in [9.17, 15) is 4.79 Å². The normalized spacial score (nSPS) is 10.1. The number of nitrogens with two attached hydrogens (primary N) is 1. The molecule has 0 rings (SSSR count). The van der Waals surface area contributed by atoms with E-state index in [1.54, 1.807) is 0 Å². The zero-order valence-corrected chi connectivity index (χ0v) is 8.11. The van der Waals surface area contributed by atoms with E-state index in [-0.39, 0.29) is 0 Å². The third-order valence-electron chi connectivity index (χ3n) is 1.65. The molecule has 0 heterocycles. The number of hydrogen-bond donors (Lipinski definition) is 2. The summed E-state index contributed by atoms with van der Waals surface area (Å²) in [7, 11) is 0. The van der Waals surface area contributed by atoms with E-state index >= 15 is 0 Å². The molecule has 3 nitrogen and oxygen atoms in total. The minimum Gasteiger partial charge on any atom is -0.481 e. The summed E-state index contributed by atoms with van der Waals surface area (Å²) in [4.78, 5) is 10.1. The molecule has 0 saturated heterocycles. The Morgan fingerprint density at radius 3 is 2.33 bits per heavy atom. The van der Waals surface area contributed by atoms with Gasteiger partial charge < -0.3 is 5.11 Å². The van der Waals surface area contributed by atoms with Gasteiger partial charge in [-0.1, -0.05) is 31.2 Å². The molecule has 0 radical (unpaired) electrons. The van der Waals surface area contributed by atoms with Gasteiger partial charge in [-0.15, -0.1) is 0 Å². The van der Waals surface area contributed by atoms with E-state index in [4.69, 9.17) is 10.2 Å². The number of aliphatic carboxylic acids is 1. The van der Waals surface area contributed by atoms with E-state index in [1.165, 1.54) is 18.4 Å². The Morgan fingerprint density at radius 2 is 1.75 bits per heavy atom. The number of hydrogen-bond acceptors (Lipinski definition) is 3. The zero-order valence-electron chi connectivity index (χ0n) is 7.29. The SMILES string of the molecule is NSCCCCCCCC(=O)O. The average Bonchev–Trinajstić information content (AvgIpc) is 2.02. The molecule has 0 fully saturated rings. The van der Waals surface area contributed by atoms with Crippen LogP contribution in [0.15, 0.2) is 0 Å². The molecule has 0 aliphatic heterocycles. The Morgan fingerprint density at radius 1 is 1.17 bits per heavy atom. The summed E-state index contributed by atoms with van der Waals surface area (Å²) in [6, 6.07) is 0. The van der Waals surface area contributed by atoms with Crippen molar-refractivity contribution < 1.29 is 9.90 Å². The van der Waals surface area contributed by atoms with Gasteiger partial charge in [-0.25, -0.2) is 0 Å². The Bertz CT molecular complexity index is 120. The molecule has 0 atom stereocenters. The van der Waals surface area contributed by atoms with Crippen molar-refractivity contribution in [3.63, 3.8) is 0 Å². The van der Waals surface area contributed by atoms with Crippen molar-refractivity contribution in [2.45, 2.75) is 38.5 Å². The van der Waals surface area contributed by atoms with Crippen LogP contribution in [-0.2, 0) is 4.79 Å². The van der Waals surface area contributed by atoms with Crippen LogP contribution in [0.4, 0.5) is 0 Å². The molecule has 12 heavy (non-hydrogen) atoms. The highest BCUT2D eigenvalue weighted by Gasteiger charge is 1.95. The molecule has 0 aliphatic rings. The van der Waals surface area contributed by atoms with Crippen LogP contribution < -0.4 is 5.14 Å². The first-order valence-corrected chi connectivity index (χ1v) is 5.35. The quantitative estimate of drug-likeness (QED) is 0.455. The Hall–Kier alpha value is -0.220. The van der Waals surface area contributed by atoms with Crippen LogP contribution >= 0.6 is 11.9 Å². The van der Waals surface area contributed by atoms with Gasteiger partial charge >= 0.3 is 5.97 Å². The van der Waals surface area contributed by atoms with Crippen LogP contribution in [0, 0.1) is 0 Å². The summed E-state index contributed by atoms with van der Waals surface area (Å²) >= 11 is 1.38. The lowest BCUT2D eigenvalue weighted by Crippen LogP contribution is -1.93. The van der Waals surface area contributed by atoms with Crippen LogP contribution in [-0.4, -0.2) is 16.8 Å². The first kappa shape index (κ1) is 11.8. The third-order valence-corrected chi connectivity index (χ3v) is 2.18. The molecule has 0 spiro atoms. The largest absolute Gasteiger partial charge is 0.481 e. The molecule has 0 amide bonds. The summed E-state index contributed by atoms with van der Waals surface area (Å²) < 4.78 is 0. The first-order valence-electron chi connectivity index (χ1n) is 4.31. The van der Waals surface area contributed by atoms with Crippen molar-refractivity contribution in [1.29, 1.82) is 0 Å². The summed E-state index contributed by atoms with van der Waals surface area (Å²) in [5.74, 6) is 0.325. The molecule has 4 heteroatoms. The van der Waals surface area contributed by atoms with Gasteiger partial charge in [0.15, 0.2) is 0 Å². The number of rotatable bonds is 8. The molecule has 0 aromatic heterocycles. The molecule has 3 N–H and O–H groups in total. The number of unbranched alkanes of at least 4 members (excludes halogenated alkanes) is 4. The lowest BCUT2D eigenvalue weighted by atomic mass is 10.1. The fourth-order valence-electron chi connectivity index (χ4n) is 0.992. The fraction of sp³-hybridized carbons (Fsp3) is 0.875. The monoisotopic (exact) mass is 191 g/mol. The molecule has 0 unspecified atom stereocenters. The van der Waals surface area contributed by atoms with Gasteiger partial charge in [0.05, 0.1) is 0 Å². The number of carboxylic acid groups (broad SMARTS) is 1. The highest BCUT2D eigenvalue weighted by atomic mass is 32.2. The Balaban J connectivity index is 2.86. The molecular weight excluding hydrogens is 174 g/mol. The summed E-state index contributed by atoms with van der Waals surface area (Å²) in [5, 5.41) is 13.6. The third kappa shape index (κ3) is 9.78. The zero-order chi connectivity index (χ0) is 9.23. The molecule has 0 saturated carbocycles. The second-order valence-electron chi connectivity index (χ2n) is 2.78. The predicted molar refractivity (Wildman–Crippen MR) is 52.0 cm³/mol. The first-order chi connectivity index (χ1) is 5.77. The minimum absolute atomic E-state index is 0.311. The van der Waals surface area contributed by atoms with Gasteiger partial charge in [0.25, 0.3) is 0 Å². The van der Waals surface area contributed by atoms with Crippen LogP contribution in [0.25, 0.3) is 0 Å². The Kier molecular flexibility index (Phi) is 8.71. The minimum atomic E-state index is -0.687. The second kappa shape index (κ2) is 8.87. The Labute approximate surface area is 77.8 Å². The van der Waals surface area contributed by atoms with Crippen molar-refractivity contribution >= 4 is 17.9 Å². The van der Waals surface area contributed by atoms with Gasteiger partial charge in [0, 0.05) is 12.2 Å². The van der Waals surface area contributed by atoms with Gasteiger partial charge in [0.2, 0.25) is 0 Å². The number of carbonyl (C=O) groups is 1. The van der Waals surface area contributed by atoms with E-state index in [1.807, 2.05) is 0 Å². The lowest BCUT2D eigenvalue weighted by molar-refractivity contribution is -0.137. The van der Waals surface area contributed by atoms with Crippen LogP contribution in [0.3, 0.4) is 0 Å². The van der Waals surface area contributed by atoms with Crippen molar-refractivity contribution in [1.82, 2.24) is 0 Å². The average molecular weight is 191 g/mol.